The van der Waals surface area contributed by atoms with E-state index in [0.29, 0.717) is 18.7 Å². The Morgan fingerprint density at radius 1 is 1.26 bits per heavy atom. The van der Waals surface area contributed by atoms with Crippen LogP contribution in [0.5, 0.6) is 5.75 Å². The Hall–Kier alpha value is -2.04. The highest BCUT2D eigenvalue weighted by atomic mass is 32.1. The number of benzene rings is 1. The average molecular weight is 402 g/mol. The van der Waals surface area contributed by atoms with Crippen molar-refractivity contribution >= 4 is 28.9 Å². The van der Waals surface area contributed by atoms with Crippen LogP contribution >= 0.6 is 12.2 Å². The number of carbonyl (C=O) groups excluding carboxylic acids is 1. The number of amides is 1. The molecule has 27 heavy (non-hydrogen) atoms. The molecule has 1 aromatic carbocycles. The van der Waals surface area contributed by atoms with Crippen molar-refractivity contribution in [3.05, 3.63) is 24.3 Å². The lowest BCUT2D eigenvalue weighted by molar-refractivity contribution is -0.123. The van der Waals surface area contributed by atoms with Crippen molar-refractivity contribution < 1.29 is 23.0 Å². The number of morpholine rings is 1. The SMILES string of the molecule is C[C@@H]1CN(CCC(=O)NNC(=S)Nc2ccc(OC(F)F)cc2)C[C@@H](C)O1. The third-order valence-electron chi connectivity index (χ3n) is 3.80. The highest BCUT2D eigenvalue weighted by Crippen LogP contribution is 2.17. The normalized spacial score (nSPS) is 20.2. The molecule has 0 aromatic heterocycles. The average Bonchev–Trinajstić information content (AvgIpc) is 2.58. The van der Waals surface area contributed by atoms with Gasteiger partial charge in [-0.25, -0.2) is 0 Å². The molecule has 0 radical (unpaired) electrons. The molecule has 1 heterocycles. The number of rotatable bonds is 6. The minimum atomic E-state index is -2.87. The second kappa shape index (κ2) is 10.3. The van der Waals surface area contributed by atoms with Gasteiger partial charge in [0.15, 0.2) is 5.11 Å². The van der Waals surface area contributed by atoms with Gasteiger partial charge in [-0.1, -0.05) is 0 Å². The van der Waals surface area contributed by atoms with Crippen molar-refractivity contribution in [1.82, 2.24) is 15.8 Å². The molecule has 2 atom stereocenters. The molecule has 0 saturated carbocycles. The van der Waals surface area contributed by atoms with Gasteiger partial charge in [-0.2, -0.15) is 8.78 Å². The van der Waals surface area contributed by atoms with Gasteiger partial charge in [-0.05, 0) is 50.3 Å². The highest BCUT2D eigenvalue weighted by Gasteiger charge is 2.22. The summed E-state index contributed by atoms with van der Waals surface area (Å²) in [5.41, 5.74) is 5.71. The van der Waals surface area contributed by atoms with Gasteiger partial charge >= 0.3 is 6.61 Å². The molecule has 10 heteroatoms. The molecule has 0 bridgehead atoms. The first-order chi connectivity index (χ1) is 12.8. The zero-order chi connectivity index (χ0) is 19.8. The third kappa shape index (κ3) is 8.02. The van der Waals surface area contributed by atoms with E-state index in [1.54, 1.807) is 0 Å². The second-order valence-corrected chi connectivity index (χ2v) is 6.71. The van der Waals surface area contributed by atoms with Crippen LogP contribution in [0, 0.1) is 0 Å². The summed E-state index contributed by atoms with van der Waals surface area (Å²) < 4.78 is 34.1. The van der Waals surface area contributed by atoms with Crippen molar-refractivity contribution in [3.63, 3.8) is 0 Å². The molecular weight excluding hydrogens is 378 g/mol. The van der Waals surface area contributed by atoms with Gasteiger partial charge < -0.3 is 14.8 Å². The maximum atomic E-state index is 12.1. The van der Waals surface area contributed by atoms with E-state index in [0.717, 1.165) is 13.1 Å². The van der Waals surface area contributed by atoms with Crippen LogP contribution in [0.2, 0.25) is 0 Å². The van der Waals surface area contributed by atoms with E-state index in [4.69, 9.17) is 17.0 Å². The molecule has 1 saturated heterocycles. The Balaban J connectivity index is 1.66. The largest absolute Gasteiger partial charge is 0.435 e. The molecule has 1 aromatic rings. The first-order valence-electron chi connectivity index (χ1n) is 8.60. The van der Waals surface area contributed by atoms with Gasteiger partial charge in [0.2, 0.25) is 5.91 Å². The summed E-state index contributed by atoms with van der Waals surface area (Å²) in [4.78, 5) is 14.1. The number of hydrogen-bond donors (Lipinski definition) is 3. The number of ether oxygens (including phenoxy) is 2. The van der Waals surface area contributed by atoms with E-state index >= 15 is 0 Å². The van der Waals surface area contributed by atoms with Crippen molar-refractivity contribution in [3.8, 4) is 5.75 Å². The van der Waals surface area contributed by atoms with Gasteiger partial charge in [-0.3, -0.25) is 20.5 Å². The molecule has 0 unspecified atom stereocenters. The maximum absolute atomic E-state index is 12.1. The molecule has 150 valence electrons. The Labute approximate surface area is 162 Å². The molecule has 3 N–H and O–H groups in total. The number of carbonyl (C=O) groups is 1. The lowest BCUT2D eigenvalue weighted by atomic mass is 10.2. The van der Waals surface area contributed by atoms with Crippen molar-refractivity contribution in [1.29, 1.82) is 0 Å². The number of nitrogens with zero attached hydrogens (tertiary/aromatic N) is 1. The third-order valence-corrected chi connectivity index (χ3v) is 4.01. The Morgan fingerprint density at radius 2 is 1.89 bits per heavy atom. The van der Waals surface area contributed by atoms with Gasteiger partial charge in [0, 0.05) is 31.7 Å². The zero-order valence-corrected chi connectivity index (χ0v) is 16.0. The Kier molecular flexibility index (Phi) is 8.14. The first-order valence-corrected chi connectivity index (χ1v) is 9.01. The van der Waals surface area contributed by atoms with E-state index in [-0.39, 0.29) is 29.0 Å². The van der Waals surface area contributed by atoms with E-state index in [2.05, 4.69) is 25.8 Å². The number of hydrazine groups is 1. The van der Waals surface area contributed by atoms with Crippen molar-refractivity contribution in [2.24, 2.45) is 0 Å². The number of anilines is 1. The van der Waals surface area contributed by atoms with Crippen LogP contribution in [0.25, 0.3) is 0 Å². The number of thiocarbonyl (C=S) groups is 1. The zero-order valence-electron chi connectivity index (χ0n) is 15.2. The molecule has 1 amide bonds. The first kappa shape index (κ1) is 21.3. The summed E-state index contributed by atoms with van der Waals surface area (Å²) in [6.45, 7) is 3.40. The topological polar surface area (TPSA) is 74.9 Å². The van der Waals surface area contributed by atoms with E-state index < -0.39 is 6.61 Å². The summed E-state index contributed by atoms with van der Waals surface area (Å²) in [6.07, 6.45) is 0.641. The van der Waals surface area contributed by atoms with Crippen LogP contribution in [0.15, 0.2) is 24.3 Å². The molecule has 7 nitrogen and oxygen atoms in total. The van der Waals surface area contributed by atoms with Gasteiger partial charge in [-0.15, -0.1) is 0 Å². The van der Waals surface area contributed by atoms with Crippen LogP contribution in [0.4, 0.5) is 14.5 Å². The number of alkyl halides is 2. The number of nitrogens with one attached hydrogen (secondary N) is 3. The summed E-state index contributed by atoms with van der Waals surface area (Å²) in [5, 5.41) is 3.01. The van der Waals surface area contributed by atoms with E-state index in [9.17, 15) is 13.6 Å². The lowest BCUT2D eigenvalue weighted by Gasteiger charge is -2.35. The second-order valence-electron chi connectivity index (χ2n) is 6.30. The van der Waals surface area contributed by atoms with Crippen molar-refractivity contribution in [2.45, 2.75) is 39.1 Å². The van der Waals surface area contributed by atoms with Crippen LogP contribution in [-0.4, -0.2) is 54.4 Å². The quantitative estimate of drug-likeness (QED) is 0.497. The molecule has 2 rings (SSSR count). The number of hydrogen-bond acceptors (Lipinski definition) is 5. The van der Waals surface area contributed by atoms with E-state index in [1.165, 1.54) is 24.3 Å². The van der Waals surface area contributed by atoms with Crippen LogP contribution in [0.3, 0.4) is 0 Å². The molecule has 1 aliphatic rings. The minimum absolute atomic E-state index is 0.0504. The van der Waals surface area contributed by atoms with Crippen molar-refractivity contribution in [2.75, 3.05) is 25.0 Å². The smallest absolute Gasteiger partial charge is 0.387 e. The molecule has 0 aliphatic carbocycles. The molecular formula is C17H24F2N4O3S. The fourth-order valence-electron chi connectivity index (χ4n) is 2.80. The fourth-order valence-corrected chi connectivity index (χ4v) is 2.97. The molecule has 0 spiro atoms. The van der Waals surface area contributed by atoms with E-state index in [1.807, 2.05) is 13.8 Å². The maximum Gasteiger partial charge on any atom is 0.387 e. The fraction of sp³-hybridized carbons (Fsp3) is 0.529. The summed E-state index contributed by atoms with van der Waals surface area (Å²) in [6, 6.07) is 5.85. The summed E-state index contributed by atoms with van der Waals surface area (Å²) in [7, 11) is 0. The Morgan fingerprint density at radius 3 is 2.48 bits per heavy atom. The summed E-state index contributed by atoms with van der Waals surface area (Å²) in [5.74, 6) is -0.138. The predicted octanol–water partition coefficient (Wildman–Crippen LogP) is 2.10. The van der Waals surface area contributed by atoms with Crippen LogP contribution in [0.1, 0.15) is 20.3 Å². The van der Waals surface area contributed by atoms with Crippen LogP contribution < -0.4 is 20.9 Å². The Bertz CT molecular complexity index is 623. The standard InChI is InChI=1S/C17H24F2N4O3S/c1-11-9-23(10-12(2)25-11)8-7-15(24)21-22-17(27)20-13-3-5-14(6-4-13)26-16(18)19/h3-6,11-12,16H,7-10H2,1-2H3,(H,21,24)(H2,20,22,27)/t11-,12-/m1/s1. The lowest BCUT2D eigenvalue weighted by Crippen LogP contribution is -2.48. The van der Waals surface area contributed by atoms with Crippen LogP contribution in [-0.2, 0) is 9.53 Å². The summed E-state index contributed by atoms with van der Waals surface area (Å²) >= 11 is 5.08. The highest BCUT2D eigenvalue weighted by molar-refractivity contribution is 7.80. The minimum Gasteiger partial charge on any atom is -0.435 e. The number of halogens is 2. The van der Waals surface area contributed by atoms with Gasteiger partial charge in [0.25, 0.3) is 0 Å². The molecule has 1 aliphatic heterocycles. The molecule has 1 fully saturated rings. The van der Waals surface area contributed by atoms with Gasteiger partial charge in [0.05, 0.1) is 12.2 Å². The predicted molar refractivity (Wildman–Crippen MR) is 102 cm³/mol. The van der Waals surface area contributed by atoms with Gasteiger partial charge in [0.1, 0.15) is 5.75 Å². The monoisotopic (exact) mass is 402 g/mol.